The number of carbonyl (C=O) groups excluding carboxylic acids is 1. The van der Waals surface area contributed by atoms with Gasteiger partial charge in [0.15, 0.2) is 0 Å². The summed E-state index contributed by atoms with van der Waals surface area (Å²) >= 11 is 1.58. The highest BCUT2D eigenvalue weighted by Gasteiger charge is 2.39. The van der Waals surface area contributed by atoms with E-state index in [1.54, 1.807) is 18.0 Å². The van der Waals surface area contributed by atoms with Crippen LogP contribution in [-0.2, 0) is 9.53 Å². The van der Waals surface area contributed by atoms with Crippen LogP contribution in [0.25, 0.3) is 0 Å². The summed E-state index contributed by atoms with van der Waals surface area (Å²) in [5.74, 6) is 0.449. The average molecular weight is 280 g/mol. The van der Waals surface area contributed by atoms with Gasteiger partial charge in [0, 0.05) is 18.0 Å². The Bertz CT molecular complexity index is 423. The van der Waals surface area contributed by atoms with E-state index >= 15 is 0 Å². The molecular weight excluding hydrogens is 260 g/mol. The number of hydrogen-bond donors (Lipinski definition) is 1. The molecule has 0 saturated heterocycles. The Labute approximate surface area is 118 Å². The van der Waals surface area contributed by atoms with Gasteiger partial charge in [-0.2, -0.15) is 0 Å². The van der Waals surface area contributed by atoms with Crippen molar-refractivity contribution in [2.45, 2.75) is 43.3 Å². The zero-order valence-electron chi connectivity index (χ0n) is 11.4. The van der Waals surface area contributed by atoms with Crippen LogP contribution in [-0.4, -0.2) is 34.9 Å². The fourth-order valence-electron chi connectivity index (χ4n) is 1.78. The molecule has 0 amide bonds. The first-order valence-electron chi connectivity index (χ1n) is 6.63. The molecule has 1 unspecified atom stereocenters. The Balaban J connectivity index is 1.98. The molecule has 1 aromatic heterocycles. The van der Waals surface area contributed by atoms with E-state index in [-0.39, 0.29) is 5.97 Å². The molecule has 5 heteroatoms. The molecule has 1 fully saturated rings. The zero-order chi connectivity index (χ0) is 13.7. The number of nitrogens with zero attached hydrogens (tertiary/aromatic N) is 1. The van der Waals surface area contributed by atoms with Crippen molar-refractivity contribution >= 4 is 17.7 Å². The van der Waals surface area contributed by atoms with Gasteiger partial charge in [-0.3, -0.25) is 10.1 Å². The molecule has 4 nitrogen and oxygen atoms in total. The standard InChI is InChI=1S/C14H20N2O2S/c1-3-18-13(17)14(2,16-11-7-8-11)10-19-12-6-4-5-9-15-12/h4-6,9,11,16H,3,7-8,10H2,1-2H3. The first-order chi connectivity index (χ1) is 9.14. The van der Waals surface area contributed by atoms with Crippen LogP contribution in [0.2, 0.25) is 0 Å². The van der Waals surface area contributed by atoms with Crippen LogP contribution >= 0.6 is 11.8 Å². The molecule has 0 radical (unpaired) electrons. The van der Waals surface area contributed by atoms with Gasteiger partial charge in [-0.1, -0.05) is 6.07 Å². The molecule has 1 aliphatic rings. The highest BCUT2D eigenvalue weighted by atomic mass is 32.2. The molecular formula is C14H20N2O2S. The number of rotatable bonds is 7. The van der Waals surface area contributed by atoms with E-state index in [1.165, 1.54) is 0 Å². The molecule has 19 heavy (non-hydrogen) atoms. The quantitative estimate of drug-likeness (QED) is 0.613. The monoisotopic (exact) mass is 280 g/mol. The molecule has 0 spiro atoms. The lowest BCUT2D eigenvalue weighted by atomic mass is 10.1. The highest BCUT2D eigenvalue weighted by molar-refractivity contribution is 7.99. The lowest BCUT2D eigenvalue weighted by molar-refractivity contribution is -0.149. The Kier molecular flexibility index (Phi) is 4.82. The largest absolute Gasteiger partial charge is 0.465 e. The summed E-state index contributed by atoms with van der Waals surface area (Å²) in [5, 5.41) is 4.33. The van der Waals surface area contributed by atoms with Gasteiger partial charge in [-0.25, -0.2) is 4.98 Å². The van der Waals surface area contributed by atoms with Gasteiger partial charge in [0.25, 0.3) is 0 Å². The minimum atomic E-state index is -0.640. The third-order valence-electron chi connectivity index (χ3n) is 2.97. The third-order valence-corrected chi connectivity index (χ3v) is 4.23. The molecule has 1 saturated carbocycles. The third kappa shape index (κ3) is 4.21. The lowest BCUT2D eigenvalue weighted by Crippen LogP contribution is -2.53. The van der Waals surface area contributed by atoms with Crippen LogP contribution in [0.3, 0.4) is 0 Å². The van der Waals surface area contributed by atoms with Crippen molar-refractivity contribution in [1.29, 1.82) is 0 Å². The van der Waals surface area contributed by atoms with Gasteiger partial charge in [-0.15, -0.1) is 11.8 Å². The molecule has 0 aliphatic heterocycles. The Hall–Kier alpha value is -1.07. The maximum atomic E-state index is 12.1. The number of thioether (sulfide) groups is 1. The molecule has 1 atom stereocenters. The second-order valence-corrected chi connectivity index (χ2v) is 5.92. The maximum absolute atomic E-state index is 12.1. The molecule has 1 aromatic rings. The second kappa shape index (κ2) is 6.39. The molecule has 1 aliphatic carbocycles. The van der Waals surface area contributed by atoms with Crippen LogP contribution < -0.4 is 5.32 Å². The first-order valence-corrected chi connectivity index (χ1v) is 7.61. The maximum Gasteiger partial charge on any atom is 0.326 e. The van der Waals surface area contributed by atoms with Gasteiger partial charge < -0.3 is 4.74 Å². The van der Waals surface area contributed by atoms with Crippen LogP contribution in [0.5, 0.6) is 0 Å². The number of nitrogens with one attached hydrogen (secondary N) is 1. The SMILES string of the molecule is CCOC(=O)C(C)(CSc1ccccn1)NC1CC1. The Morgan fingerprint density at radius 2 is 2.37 bits per heavy atom. The number of aromatic nitrogens is 1. The number of esters is 1. The summed E-state index contributed by atoms with van der Waals surface area (Å²) < 4.78 is 5.19. The summed E-state index contributed by atoms with van der Waals surface area (Å²) in [7, 11) is 0. The number of pyridine rings is 1. The van der Waals surface area contributed by atoms with E-state index in [9.17, 15) is 4.79 Å². The summed E-state index contributed by atoms with van der Waals surface area (Å²) in [6, 6.07) is 6.24. The van der Waals surface area contributed by atoms with E-state index in [0.717, 1.165) is 17.9 Å². The first kappa shape index (κ1) is 14.3. The molecule has 1 heterocycles. The minimum absolute atomic E-state index is 0.176. The van der Waals surface area contributed by atoms with Gasteiger partial charge in [0.1, 0.15) is 5.54 Å². The van der Waals surface area contributed by atoms with Crippen molar-refractivity contribution < 1.29 is 9.53 Å². The summed E-state index contributed by atoms with van der Waals surface area (Å²) in [6.07, 6.45) is 4.05. The van der Waals surface area contributed by atoms with Crippen LogP contribution in [0, 0.1) is 0 Å². The van der Waals surface area contributed by atoms with Gasteiger partial charge in [-0.05, 0) is 38.8 Å². The lowest BCUT2D eigenvalue weighted by Gasteiger charge is -2.28. The fraction of sp³-hybridized carbons (Fsp3) is 0.571. The number of carbonyl (C=O) groups is 1. The average Bonchev–Trinajstić information content (AvgIpc) is 3.22. The predicted octanol–water partition coefficient (Wildman–Crippen LogP) is 2.25. The summed E-state index contributed by atoms with van der Waals surface area (Å²) in [5.41, 5.74) is -0.640. The van der Waals surface area contributed by atoms with E-state index in [2.05, 4.69) is 10.3 Å². The molecule has 2 rings (SSSR count). The second-order valence-electron chi connectivity index (χ2n) is 4.93. The van der Waals surface area contributed by atoms with Gasteiger partial charge in [0.2, 0.25) is 0 Å². The molecule has 0 aromatic carbocycles. The Morgan fingerprint density at radius 3 is 2.95 bits per heavy atom. The normalized spacial score (nSPS) is 17.8. The van der Waals surface area contributed by atoms with Crippen LogP contribution in [0.15, 0.2) is 29.4 Å². The van der Waals surface area contributed by atoms with E-state index in [1.807, 2.05) is 32.0 Å². The van der Waals surface area contributed by atoms with Gasteiger partial charge in [0.05, 0.1) is 11.6 Å². The van der Waals surface area contributed by atoms with Crippen LogP contribution in [0.1, 0.15) is 26.7 Å². The van der Waals surface area contributed by atoms with Crippen molar-refractivity contribution in [3.05, 3.63) is 24.4 Å². The highest BCUT2D eigenvalue weighted by Crippen LogP contribution is 2.27. The van der Waals surface area contributed by atoms with Crippen molar-refractivity contribution in [1.82, 2.24) is 10.3 Å². The predicted molar refractivity (Wildman–Crippen MR) is 76.2 cm³/mol. The van der Waals surface area contributed by atoms with E-state index in [4.69, 9.17) is 4.74 Å². The van der Waals surface area contributed by atoms with E-state index in [0.29, 0.717) is 18.4 Å². The molecule has 0 bridgehead atoms. The van der Waals surface area contributed by atoms with Crippen LogP contribution in [0.4, 0.5) is 0 Å². The minimum Gasteiger partial charge on any atom is -0.465 e. The molecule has 1 N–H and O–H groups in total. The Morgan fingerprint density at radius 1 is 1.58 bits per heavy atom. The molecule has 104 valence electrons. The van der Waals surface area contributed by atoms with Gasteiger partial charge >= 0.3 is 5.97 Å². The summed E-state index contributed by atoms with van der Waals surface area (Å²) in [6.45, 7) is 4.16. The van der Waals surface area contributed by atoms with E-state index < -0.39 is 5.54 Å². The summed E-state index contributed by atoms with van der Waals surface area (Å²) in [4.78, 5) is 16.4. The number of ether oxygens (including phenoxy) is 1. The topological polar surface area (TPSA) is 51.2 Å². The van der Waals surface area contributed by atoms with Crippen molar-refractivity contribution in [2.75, 3.05) is 12.4 Å². The van der Waals surface area contributed by atoms with Crippen molar-refractivity contribution in [3.63, 3.8) is 0 Å². The smallest absolute Gasteiger partial charge is 0.326 e. The zero-order valence-corrected chi connectivity index (χ0v) is 12.2. The van der Waals surface area contributed by atoms with Crippen molar-refractivity contribution in [2.24, 2.45) is 0 Å². The fourth-order valence-corrected chi connectivity index (χ4v) is 2.73. The number of hydrogen-bond acceptors (Lipinski definition) is 5. The van der Waals surface area contributed by atoms with Crippen molar-refractivity contribution in [3.8, 4) is 0 Å².